The van der Waals surface area contributed by atoms with Crippen LogP contribution in [0.15, 0.2) is 24.3 Å². The van der Waals surface area contributed by atoms with Crippen molar-refractivity contribution in [3.63, 3.8) is 0 Å². The second-order valence-corrected chi connectivity index (χ2v) is 3.92. The molecule has 1 aromatic carbocycles. The first-order valence-electron chi connectivity index (χ1n) is 4.79. The maximum absolute atomic E-state index is 11.7. The van der Waals surface area contributed by atoms with Gasteiger partial charge in [0.15, 0.2) is 0 Å². The molecular formula is C13H12N2O. The van der Waals surface area contributed by atoms with Gasteiger partial charge in [-0.25, -0.2) is 0 Å². The molecule has 0 unspecified atom stereocenters. The molecule has 1 aromatic rings. The van der Waals surface area contributed by atoms with Crippen molar-refractivity contribution in [3.8, 4) is 18.4 Å². The molecule has 0 spiro atoms. The van der Waals surface area contributed by atoms with Gasteiger partial charge in [0, 0.05) is 11.3 Å². The molecule has 0 aliphatic carbocycles. The average molecular weight is 212 g/mol. The van der Waals surface area contributed by atoms with Crippen molar-refractivity contribution >= 4 is 11.6 Å². The lowest BCUT2D eigenvalue weighted by atomic mass is 9.94. The minimum atomic E-state index is -1.05. The number of hydrogen-bond acceptors (Lipinski definition) is 2. The molecule has 0 radical (unpaired) electrons. The Bertz CT molecular complexity index is 489. The predicted octanol–water partition coefficient (Wildman–Crippen LogP) is 2.16. The summed E-state index contributed by atoms with van der Waals surface area (Å²) in [6.07, 6.45) is 5.25. The quantitative estimate of drug-likeness (QED) is 0.764. The van der Waals surface area contributed by atoms with Crippen LogP contribution in [0.3, 0.4) is 0 Å². The Morgan fingerprint density at radius 2 is 2.19 bits per heavy atom. The fraction of sp³-hybridized carbons (Fsp3) is 0.231. The number of amides is 1. The zero-order valence-corrected chi connectivity index (χ0v) is 9.24. The number of hydrogen-bond donors (Lipinski definition) is 1. The van der Waals surface area contributed by atoms with E-state index >= 15 is 0 Å². The second-order valence-electron chi connectivity index (χ2n) is 3.92. The van der Waals surface area contributed by atoms with Gasteiger partial charge in [-0.3, -0.25) is 4.79 Å². The molecule has 16 heavy (non-hydrogen) atoms. The Morgan fingerprint density at radius 3 is 2.75 bits per heavy atom. The van der Waals surface area contributed by atoms with E-state index in [4.69, 9.17) is 11.7 Å². The lowest BCUT2D eigenvalue weighted by molar-refractivity contribution is -0.121. The molecule has 0 heterocycles. The summed E-state index contributed by atoms with van der Waals surface area (Å²) in [5.41, 5.74) is 0.239. The van der Waals surface area contributed by atoms with Gasteiger partial charge in [0.05, 0.1) is 6.07 Å². The first-order valence-corrected chi connectivity index (χ1v) is 4.79. The topological polar surface area (TPSA) is 52.9 Å². The van der Waals surface area contributed by atoms with Crippen LogP contribution in [0.1, 0.15) is 19.4 Å². The van der Waals surface area contributed by atoms with Crippen LogP contribution in [0.5, 0.6) is 0 Å². The van der Waals surface area contributed by atoms with Crippen molar-refractivity contribution in [3.05, 3.63) is 29.8 Å². The highest BCUT2D eigenvalue weighted by atomic mass is 16.2. The standard InChI is InChI=1S/C13H12N2O/c1-4-10-6-5-7-11(8-10)15-12(16)13(2,3)9-14/h1,5-8H,2-3H3,(H,15,16). The first-order chi connectivity index (χ1) is 7.49. The van der Waals surface area contributed by atoms with Crippen LogP contribution in [-0.4, -0.2) is 5.91 Å². The van der Waals surface area contributed by atoms with Crippen molar-refractivity contribution in [2.75, 3.05) is 5.32 Å². The molecule has 0 saturated carbocycles. The van der Waals surface area contributed by atoms with E-state index in [2.05, 4.69) is 11.2 Å². The second kappa shape index (κ2) is 4.51. The minimum absolute atomic E-state index is 0.343. The molecule has 0 atom stereocenters. The summed E-state index contributed by atoms with van der Waals surface area (Å²) in [4.78, 5) is 11.7. The van der Waals surface area contributed by atoms with Crippen molar-refractivity contribution in [2.24, 2.45) is 5.41 Å². The van der Waals surface area contributed by atoms with Gasteiger partial charge < -0.3 is 5.32 Å². The third kappa shape index (κ3) is 2.62. The molecule has 0 aromatic heterocycles. The monoisotopic (exact) mass is 212 g/mol. The number of nitriles is 1. The molecule has 3 nitrogen and oxygen atoms in total. The zero-order chi connectivity index (χ0) is 12.2. The number of nitrogens with one attached hydrogen (secondary N) is 1. The summed E-state index contributed by atoms with van der Waals surface area (Å²) < 4.78 is 0. The van der Waals surface area contributed by atoms with Crippen molar-refractivity contribution in [2.45, 2.75) is 13.8 Å². The number of nitrogens with zero attached hydrogens (tertiary/aromatic N) is 1. The Labute approximate surface area is 95.1 Å². The summed E-state index contributed by atoms with van der Waals surface area (Å²) in [6.45, 7) is 3.13. The number of anilines is 1. The highest BCUT2D eigenvalue weighted by Crippen LogP contribution is 2.17. The highest BCUT2D eigenvalue weighted by molar-refractivity contribution is 5.96. The average Bonchev–Trinajstić information content (AvgIpc) is 2.29. The van der Waals surface area contributed by atoms with Crippen LogP contribution in [0, 0.1) is 29.1 Å². The Morgan fingerprint density at radius 1 is 1.50 bits per heavy atom. The highest BCUT2D eigenvalue weighted by Gasteiger charge is 2.27. The normalized spacial score (nSPS) is 10.0. The van der Waals surface area contributed by atoms with Crippen LogP contribution in [0.25, 0.3) is 0 Å². The molecule has 1 N–H and O–H groups in total. The lowest BCUT2D eigenvalue weighted by Gasteiger charge is -2.14. The van der Waals surface area contributed by atoms with Gasteiger partial charge in [0.1, 0.15) is 5.41 Å². The largest absolute Gasteiger partial charge is 0.325 e. The Kier molecular flexibility index (Phi) is 3.33. The number of benzene rings is 1. The van der Waals surface area contributed by atoms with Crippen LogP contribution in [0.2, 0.25) is 0 Å². The summed E-state index contributed by atoms with van der Waals surface area (Å²) in [5.74, 6) is 2.13. The molecule has 3 heteroatoms. The van der Waals surface area contributed by atoms with Crippen LogP contribution >= 0.6 is 0 Å². The van der Waals surface area contributed by atoms with E-state index in [1.165, 1.54) is 0 Å². The van der Waals surface area contributed by atoms with E-state index in [9.17, 15) is 4.79 Å². The van der Waals surface area contributed by atoms with Gasteiger partial charge in [-0.15, -0.1) is 6.42 Å². The Balaban J connectivity index is 2.87. The first kappa shape index (κ1) is 11.8. The van der Waals surface area contributed by atoms with E-state index in [0.717, 1.165) is 0 Å². The number of terminal acetylenes is 1. The van der Waals surface area contributed by atoms with Gasteiger partial charge in [-0.1, -0.05) is 12.0 Å². The Hall–Kier alpha value is -2.26. The van der Waals surface area contributed by atoms with E-state index in [-0.39, 0.29) is 5.91 Å². The zero-order valence-electron chi connectivity index (χ0n) is 9.24. The third-order valence-electron chi connectivity index (χ3n) is 2.13. The van der Waals surface area contributed by atoms with Gasteiger partial charge in [0.2, 0.25) is 5.91 Å². The summed E-state index contributed by atoms with van der Waals surface area (Å²) in [7, 11) is 0. The van der Waals surface area contributed by atoms with Gasteiger partial charge in [-0.05, 0) is 32.0 Å². The van der Waals surface area contributed by atoms with Crippen molar-refractivity contribution in [1.82, 2.24) is 0 Å². The third-order valence-corrected chi connectivity index (χ3v) is 2.13. The van der Waals surface area contributed by atoms with E-state index < -0.39 is 5.41 Å². The maximum Gasteiger partial charge on any atom is 0.244 e. The van der Waals surface area contributed by atoms with Crippen LogP contribution in [-0.2, 0) is 4.79 Å². The molecular weight excluding hydrogens is 200 g/mol. The number of carbonyl (C=O) groups is 1. The molecule has 80 valence electrons. The van der Waals surface area contributed by atoms with E-state index in [0.29, 0.717) is 11.3 Å². The minimum Gasteiger partial charge on any atom is -0.325 e. The van der Waals surface area contributed by atoms with Gasteiger partial charge in [-0.2, -0.15) is 5.26 Å². The smallest absolute Gasteiger partial charge is 0.244 e. The number of rotatable bonds is 2. The fourth-order valence-corrected chi connectivity index (χ4v) is 1.02. The maximum atomic E-state index is 11.7. The van der Waals surface area contributed by atoms with E-state index in [1.807, 2.05) is 6.07 Å². The van der Waals surface area contributed by atoms with Gasteiger partial charge >= 0.3 is 0 Å². The molecule has 1 rings (SSSR count). The molecule has 0 fully saturated rings. The van der Waals surface area contributed by atoms with E-state index in [1.54, 1.807) is 38.1 Å². The molecule has 0 bridgehead atoms. The summed E-state index contributed by atoms with van der Waals surface area (Å²) in [6, 6.07) is 8.87. The van der Waals surface area contributed by atoms with Crippen LogP contribution < -0.4 is 5.32 Å². The van der Waals surface area contributed by atoms with Crippen molar-refractivity contribution < 1.29 is 4.79 Å². The van der Waals surface area contributed by atoms with Gasteiger partial charge in [0.25, 0.3) is 0 Å². The molecule has 1 amide bonds. The molecule has 0 aliphatic heterocycles. The molecule has 0 saturated heterocycles. The summed E-state index contributed by atoms with van der Waals surface area (Å²) in [5, 5.41) is 11.5. The summed E-state index contributed by atoms with van der Waals surface area (Å²) >= 11 is 0. The lowest BCUT2D eigenvalue weighted by Crippen LogP contribution is -2.29. The van der Waals surface area contributed by atoms with Crippen LogP contribution in [0.4, 0.5) is 5.69 Å². The predicted molar refractivity (Wildman–Crippen MR) is 62.4 cm³/mol. The fourth-order valence-electron chi connectivity index (χ4n) is 1.02. The molecule has 0 aliphatic rings. The SMILES string of the molecule is C#Cc1cccc(NC(=O)C(C)(C)C#N)c1. The van der Waals surface area contributed by atoms with Crippen molar-refractivity contribution in [1.29, 1.82) is 5.26 Å². The number of carbonyl (C=O) groups excluding carboxylic acids is 1.